The lowest BCUT2D eigenvalue weighted by Crippen LogP contribution is -2.32. The molecule has 0 aromatic heterocycles. The van der Waals surface area contributed by atoms with Gasteiger partial charge in [-0.3, -0.25) is 9.69 Å². The first kappa shape index (κ1) is 16.8. The molecule has 4 nitrogen and oxygen atoms in total. The summed E-state index contributed by atoms with van der Waals surface area (Å²) in [6, 6.07) is 9.72. The number of carbonyl (C=O) groups is 2. The third-order valence-corrected chi connectivity index (χ3v) is 6.80. The van der Waals surface area contributed by atoms with Crippen molar-refractivity contribution in [2.24, 2.45) is 23.7 Å². The van der Waals surface area contributed by atoms with Crippen LogP contribution in [-0.4, -0.2) is 23.4 Å². The van der Waals surface area contributed by atoms with Gasteiger partial charge in [-0.25, -0.2) is 4.79 Å². The lowest BCUT2D eigenvalue weighted by atomic mass is 9.81. The Morgan fingerprint density at radius 3 is 2.56 bits per heavy atom. The van der Waals surface area contributed by atoms with Crippen LogP contribution in [0.5, 0.6) is 0 Å². The highest BCUT2D eigenvalue weighted by atomic mass is 16.6. The largest absolute Gasteiger partial charge is 0.447 e. The molecule has 5 atom stereocenters. The highest BCUT2D eigenvalue weighted by Crippen LogP contribution is 2.58. The summed E-state index contributed by atoms with van der Waals surface area (Å²) in [5, 5.41) is 0. The topological polar surface area (TPSA) is 46.6 Å². The van der Waals surface area contributed by atoms with Gasteiger partial charge in [-0.15, -0.1) is 0 Å². The Bertz CT molecular complexity index is 840. The molecule has 1 aromatic carbocycles. The Morgan fingerprint density at radius 1 is 1.07 bits per heavy atom. The maximum atomic E-state index is 13.5. The molecule has 0 radical (unpaired) electrons. The fraction of sp³-hybridized carbons (Fsp3) is 0.478. The fourth-order valence-electron chi connectivity index (χ4n) is 5.64. The van der Waals surface area contributed by atoms with Gasteiger partial charge in [-0.05, 0) is 48.2 Å². The van der Waals surface area contributed by atoms with Gasteiger partial charge in [0.15, 0.2) is 5.78 Å². The van der Waals surface area contributed by atoms with Crippen LogP contribution in [0.15, 0.2) is 53.8 Å². The first-order valence-electron chi connectivity index (χ1n) is 10.2. The summed E-state index contributed by atoms with van der Waals surface area (Å²) in [7, 11) is 0. The molecule has 2 bridgehead atoms. The molecule has 4 aliphatic rings. The van der Waals surface area contributed by atoms with Crippen LogP contribution in [0.3, 0.4) is 0 Å². The minimum atomic E-state index is -0.374. The average Bonchev–Trinajstić information content (AvgIpc) is 3.44. The van der Waals surface area contributed by atoms with Crippen molar-refractivity contribution in [3.8, 4) is 0 Å². The number of amides is 1. The van der Waals surface area contributed by atoms with E-state index in [0.717, 1.165) is 31.2 Å². The van der Waals surface area contributed by atoms with Crippen LogP contribution < -0.4 is 0 Å². The van der Waals surface area contributed by atoms with Gasteiger partial charge in [-0.2, -0.15) is 0 Å². The van der Waals surface area contributed by atoms with E-state index < -0.39 is 0 Å². The summed E-state index contributed by atoms with van der Waals surface area (Å²) < 4.78 is 5.42. The zero-order chi connectivity index (χ0) is 18.5. The number of Topliss-reactive ketones (excluding diaryl/α,β-unsaturated/α-hetero) is 1. The highest BCUT2D eigenvalue weighted by Gasteiger charge is 2.57. The first-order chi connectivity index (χ1) is 13.2. The van der Waals surface area contributed by atoms with Crippen molar-refractivity contribution in [2.75, 3.05) is 6.61 Å². The summed E-state index contributed by atoms with van der Waals surface area (Å²) in [4.78, 5) is 27.9. The van der Waals surface area contributed by atoms with Crippen molar-refractivity contribution in [1.82, 2.24) is 4.90 Å². The van der Waals surface area contributed by atoms with Crippen molar-refractivity contribution >= 4 is 11.9 Å². The molecule has 0 spiro atoms. The number of benzene rings is 1. The Labute approximate surface area is 159 Å². The normalized spacial score (nSPS) is 34.0. The average molecular weight is 363 g/mol. The zero-order valence-electron chi connectivity index (χ0n) is 15.6. The van der Waals surface area contributed by atoms with Crippen LogP contribution in [0.1, 0.15) is 44.2 Å². The number of allylic oxidation sites excluding steroid dienone is 4. The third-order valence-electron chi connectivity index (χ3n) is 6.80. The van der Waals surface area contributed by atoms with E-state index in [1.54, 1.807) is 4.90 Å². The van der Waals surface area contributed by atoms with Crippen LogP contribution in [0, 0.1) is 23.7 Å². The van der Waals surface area contributed by atoms with Gasteiger partial charge < -0.3 is 4.74 Å². The smallest absolute Gasteiger partial charge is 0.415 e. The molecular weight excluding hydrogens is 338 g/mol. The molecule has 1 saturated carbocycles. The maximum Gasteiger partial charge on any atom is 0.415 e. The second-order valence-corrected chi connectivity index (χ2v) is 8.21. The molecule has 1 heterocycles. The lowest BCUT2D eigenvalue weighted by Gasteiger charge is -2.25. The molecule has 5 rings (SSSR count). The van der Waals surface area contributed by atoms with E-state index in [9.17, 15) is 9.59 Å². The van der Waals surface area contributed by atoms with Crippen LogP contribution in [0.4, 0.5) is 4.79 Å². The quantitative estimate of drug-likeness (QED) is 0.716. The van der Waals surface area contributed by atoms with Crippen LogP contribution in [0.25, 0.3) is 0 Å². The van der Waals surface area contributed by atoms with Crippen molar-refractivity contribution in [1.29, 1.82) is 0 Å². The number of ketones is 1. The second-order valence-electron chi connectivity index (χ2n) is 8.21. The molecule has 1 aliphatic heterocycles. The van der Waals surface area contributed by atoms with Gasteiger partial charge in [0.05, 0.1) is 11.7 Å². The number of unbranched alkanes of at least 4 members (excludes halogenated alkanes) is 1. The number of nitrogens with zero attached hydrogens (tertiary/aromatic N) is 1. The molecular formula is C23H25NO3. The summed E-state index contributed by atoms with van der Waals surface area (Å²) >= 11 is 0. The van der Waals surface area contributed by atoms with Gasteiger partial charge in [0.25, 0.3) is 0 Å². The molecule has 2 fully saturated rings. The van der Waals surface area contributed by atoms with Crippen molar-refractivity contribution in [3.63, 3.8) is 0 Å². The number of rotatable bonds is 5. The van der Waals surface area contributed by atoms with Gasteiger partial charge in [-0.1, -0.05) is 55.8 Å². The van der Waals surface area contributed by atoms with Crippen LogP contribution in [-0.2, 0) is 9.53 Å². The van der Waals surface area contributed by atoms with E-state index in [-0.39, 0.29) is 23.8 Å². The van der Waals surface area contributed by atoms with Crippen LogP contribution >= 0.6 is 0 Å². The minimum absolute atomic E-state index is 0.0340. The highest BCUT2D eigenvalue weighted by molar-refractivity contribution is 6.04. The van der Waals surface area contributed by atoms with E-state index in [0.29, 0.717) is 30.1 Å². The number of hydrogen-bond donors (Lipinski definition) is 0. The van der Waals surface area contributed by atoms with Crippen molar-refractivity contribution in [2.45, 2.75) is 38.6 Å². The predicted molar refractivity (Wildman–Crippen MR) is 102 cm³/mol. The fourth-order valence-corrected chi connectivity index (χ4v) is 5.64. The molecule has 0 N–H and O–H groups in total. The Morgan fingerprint density at radius 2 is 1.81 bits per heavy atom. The summed E-state index contributed by atoms with van der Waals surface area (Å²) in [5.74, 6) is 1.30. The molecule has 1 saturated heterocycles. The molecule has 3 aliphatic carbocycles. The maximum absolute atomic E-state index is 13.5. The zero-order valence-corrected chi connectivity index (χ0v) is 15.6. The van der Waals surface area contributed by atoms with E-state index >= 15 is 0 Å². The number of fused-ring (bicyclic) bond motifs is 5. The van der Waals surface area contributed by atoms with E-state index in [1.165, 1.54) is 5.57 Å². The van der Waals surface area contributed by atoms with Gasteiger partial charge >= 0.3 is 6.09 Å². The molecule has 140 valence electrons. The van der Waals surface area contributed by atoms with E-state index in [4.69, 9.17) is 4.74 Å². The number of cyclic esters (lactones) is 1. The lowest BCUT2D eigenvalue weighted by molar-refractivity contribution is -0.120. The van der Waals surface area contributed by atoms with Gasteiger partial charge in [0.2, 0.25) is 0 Å². The van der Waals surface area contributed by atoms with Crippen molar-refractivity contribution < 1.29 is 14.3 Å². The first-order valence-corrected chi connectivity index (χ1v) is 10.2. The van der Waals surface area contributed by atoms with Gasteiger partial charge in [0, 0.05) is 5.92 Å². The third kappa shape index (κ3) is 2.42. The molecule has 4 heteroatoms. The minimum Gasteiger partial charge on any atom is -0.447 e. The number of hydrogen-bond acceptors (Lipinski definition) is 3. The monoisotopic (exact) mass is 363 g/mol. The van der Waals surface area contributed by atoms with Crippen molar-refractivity contribution in [3.05, 3.63) is 59.3 Å². The summed E-state index contributed by atoms with van der Waals surface area (Å²) in [6.07, 6.45) is 8.28. The standard InChI is InChI=1S/C23H25NO3/c1-2-3-9-17-19-15-10-11-16(12-15)20(19)22(25)21(17)24-18(13-27-23(24)26)14-7-5-4-6-8-14/h4-8,10-11,15-16,18-20H,2-3,9,12-13H2,1H3/t15-,16+,18+,19+,20+/m1/s1. The summed E-state index contributed by atoms with van der Waals surface area (Å²) in [5.41, 5.74) is 2.90. The molecule has 1 amide bonds. The number of ether oxygens (including phenoxy) is 1. The predicted octanol–water partition coefficient (Wildman–Crippen LogP) is 4.65. The Hall–Kier alpha value is -2.36. The second kappa shape index (κ2) is 6.36. The SMILES string of the molecule is CCCCC1=C(N2C(=O)OC[C@H]2c2ccccc2)C(=O)[C@@H]2[C@H]1[C@@H]1C=C[C@H]2C1. The van der Waals surface area contributed by atoms with Gasteiger partial charge in [0.1, 0.15) is 6.61 Å². The Kier molecular flexibility index (Phi) is 3.96. The molecule has 1 aromatic rings. The Balaban J connectivity index is 1.59. The molecule has 0 unspecified atom stereocenters. The van der Waals surface area contributed by atoms with E-state index in [1.807, 2.05) is 30.3 Å². The van der Waals surface area contributed by atoms with Crippen LogP contribution in [0.2, 0.25) is 0 Å². The molecule has 27 heavy (non-hydrogen) atoms. The number of carbonyl (C=O) groups excluding carboxylic acids is 2. The van der Waals surface area contributed by atoms with E-state index in [2.05, 4.69) is 19.1 Å². The summed E-state index contributed by atoms with van der Waals surface area (Å²) in [6.45, 7) is 2.48.